The molecule has 1 rings (SSSR count). The smallest absolute Gasteiger partial charge is 0.187 e. The molecule has 54 valence electrons. The van der Waals surface area contributed by atoms with E-state index in [1.165, 1.54) is 11.8 Å². The van der Waals surface area contributed by atoms with Crippen molar-refractivity contribution < 1.29 is 4.74 Å². The predicted octanol–water partition coefficient (Wildman–Crippen LogP) is 2.45. The highest BCUT2D eigenvalue weighted by Crippen LogP contribution is 2.42. The Balaban J connectivity index is 2.41. The van der Waals surface area contributed by atoms with Crippen molar-refractivity contribution in [3.8, 4) is 0 Å². The minimum Gasteiger partial charge on any atom is -0.375 e. The SMILES string of the molecule is ClC1COCC(Cl)(Cl)S1. The van der Waals surface area contributed by atoms with Crippen LogP contribution in [-0.4, -0.2) is 21.6 Å². The van der Waals surface area contributed by atoms with Crippen LogP contribution in [0.1, 0.15) is 0 Å². The third-order valence-corrected chi connectivity index (χ3v) is 2.82. The first kappa shape index (κ1) is 8.28. The molecule has 1 nitrogen and oxygen atoms in total. The van der Waals surface area contributed by atoms with Crippen molar-refractivity contribution in [2.75, 3.05) is 13.2 Å². The van der Waals surface area contributed by atoms with E-state index in [0.29, 0.717) is 13.2 Å². The van der Waals surface area contributed by atoms with E-state index in [0.717, 1.165) is 0 Å². The minimum atomic E-state index is -0.843. The van der Waals surface area contributed by atoms with Gasteiger partial charge in [0.05, 0.1) is 13.2 Å². The molecule has 9 heavy (non-hydrogen) atoms. The summed E-state index contributed by atoms with van der Waals surface area (Å²) in [5.74, 6) is 0. The molecule has 0 saturated carbocycles. The monoisotopic (exact) mass is 206 g/mol. The lowest BCUT2D eigenvalue weighted by Crippen LogP contribution is -2.28. The standard InChI is InChI=1S/C4H5Cl3OS/c5-3-1-8-2-4(6,7)9-3/h3H,1-2H2. The van der Waals surface area contributed by atoms with E-state index in [9.17, 15) is 0 Å². The highest BCUT2D eigenvalue weighted by Gasteiger charge is 2.32. The highest BCUT2D eigenvalue weighted by atomic mass is 35.5. The van der Waals surface area contributed by atoms with Gasteiger partial charge in [0.25, 0.3) is 0 Å². The number of thioether (sulfide) groups is 1. The van der Waals surface area contributed by atoms with Crippen LogP contribution in [0.5, 0.6) is 0 Å². The fraction of sp³-hybridized carbons (Fsp3) is 1.00. The summed E-state index contributed by atoms with van der Waals surface area (Å²) in [4.78, 5) is 0. The van der Waals surface area contributed by atoms with E-state index in [1.54, 1.807) is 0 Å². The Hall–Kier alpha value is 1.18. The molecule has 5 heteroatoms. The molecule has 1 saturated heterocycles. The maximum absolute atomic E-state index is 5.69. The van der Waals surface area contributed by atoms with Crippen LogP contribution in [0.25, 0.3) is 0 Å². The summed E-state index contributed by atoms with van der Waals surface area (Å²) in [6.45, 7) is 0.872. The van der Waals surface area contributed by atoms with Gasteiger partial charge in [0, 0.05) is 0 Å². The fourth-order valence-corrected chi connectivity index (χ4v) is 2.83. The molecule has 1 aliphatic heterocycles. The Bertz CT molecular complexity index is 108. The van der Waals surface area contributed by atoms with Gasteiger partial charge in [-0.05, 0) is 0 Å². The summed E-state index contributed by atoms with van der Waals surface area (Å²) < 4.78 is 4.02. The number of ether oxygens (including phenoxy) is 1. The van der Waals surface area contributed by atoms with Crippen molar-refractivity contribution in [1.82, 2.24) is 0 Å². The number of halogens is 3. The second-order valence-electron chi connectivity index (χ2n) is 1.68. The molecule has 1 heterocycles. The van der Waals surface area contributed by atoms with Crippen LogP contribution in [0, 0.1) is 0 Å². The first-order chi connectivity index (χ1) is 4.10. The molecule has 0 radical (unpaired) electrons. The molecular formula is C4H5Cl3OS. The number of rotatable bonds is 0. The van der Waals surface area contributed by atoms with Crippen molar-refractivity contribution in [3.63, 3.8) is 0 Å². The maximum atomic E-state index is 5.69. The van der Waals surface area contributed by atoms with E-state index in [1.807, 2.05) is 0 Å². The van der Waals surface area contributed by atoms with Gasteiger partial charge in [-0.25, -0.2) is 0 Å². The third kappa shape index (κ3) is 2.72. The second kappa shape index (κ2) is 3.05. The lowest BCUT2D eigenvalue weighted by atomic mass is 10.7. The largest absolute Gasteiger partial charge is 0.375 e. The lowest BCUT2D eigenvalue weighted by molar-refractivity contribution is 0.144. The molecule has 0 amide bonds. The van der Waals surface area contributed by atoms with Gasteiger partial charge in [-0.3, -0.25) is 0 Å². The maximum Gasteiger partial charge on any atom is 0.187 e. The third-order valence-electron chi connectivity index (χ3n) is 0.819. The average molecular weight is 208 g/mol. The number of hydrogen-bond acceptors (Lipinski definition) is 2. The normalized spacial score (nSPS) is 34.3. The van der Waals surface area contributed by atoms with E-state index in [4.69, 9.17) is 39.5 Å². The Labute approximate surface area is 73.0 Å². The van der Waals surface area contributed by atoms with Crippen LogP contribution >= 0.6 is 46.6 Å². The minimum absolute atomic E-state index is 0.117. The van der Waals surface area contributed by atoms with Crippen LogP contribution in [0.3, 0.4) is 0 Å². The Kier molecular flexibility index (Phi) is 2.81. The molecular weight excluding hydrogens is 202 g/mol. The van der Waals surface area contributed by atoms with Crippen LogP contribution in [-0.2, 0) is 4.74 Å². The van der Waals surface area contributed by atoms with Gasteiger partial charge >= 0.3 is 0 Å². The molecule has 0 aliphatic carbocycles. The molecule has 1 atom stereocenters. The summed E-state index contributed by atoms with van der Waals surface area (Å²) in [6.07, 6.45) is 0. The van der Waals surface area contributed by atoms with Gasteiger partial charge in [-0.2, -0.15) is 0 Å². The Morgan fingerprint density at radius 2 is 2.22 bits per heavy atom. The number of hydrogen-bond donors (Lipinski definition) is 0. The van der Waals surface area contributed by atoms with Crippen molar-refractivity contribution in [2.45, 2.75) is 8.37 Å². The van der Waals surface area contributed by atoms with E-state index in [-0.39, 0.29) is 4.71 Å². The molecule has 0 aromatic heterocycles. The zero-order valence-electron chi connectivity index (χ0n) is 4.44. The second-order valence-corrected chi connectivity index (χ2v) is 5.90. The van der Waals surface area contributed by atoms with Crippen LogP contribution < -0.4 is 0 Å². The van der Waals surface area contributed by atoms with E-state index < -0.39 is 3.67 Å². The van der Waals surface area contributed by atoms with Crippen LogP contribution in [0.15, 0.2) is 0 Å². The topological polar surface area (TPSA) is 9.23 Å². The molecule has 0 N–H and O–H groups in total. The van der Waals surface area contributed by atoms with Crippen LogP contribution in [0.2, 0.25) is 0 Å². The Morgan fingerprint density at radius 1 is 1.56 bits per heavy atom. The molecule has 1 aliphatic rings. The van der Waals surface area contributed by atoms with Gasteiger partial charge in [-0.15, -0.1) is 11.6 Å². The van der Waals surface area contributed by atoms with Gasteiger partial charge in [0.15, 0.2) is 3.67 Å². The van der Waals surface area contributed by atoms with Gasteiger partial charge in [-0.1, -0.05) is 35.0 Å². The summed E-state index contributed by atoms with van der Waals surface area (Å²) in [5.41, 5.74) is 0. The highest BCUT2D eigenvalue weighted by molar-refractivity contribution is 8.04. The number of alkyl halides is 3. The summed E-state index contributed by atoms with van der Waals surface area (Å²) in [5, 5.41) is 0. The predicted molar refractivity (Wildman–Crippen MR) is 42.5 cm³/mol. The van der Waals surface area contributed by atoms with Crippen LogP contribution in [0.4, 0.5) is 0 Å². The van der Waals surface area contributed by atoms with Gasteiger partial charge in [0.1, 0.15) is 4.71 Å². The fourth-order valence-electron chi connectivity index (χ4n) is 0.526. The summed E-state index contributed by atoms with van der Waals surface area (Å²) in [6, 6.07) is 0. The van der Waals surface area contributed by atoms with Crippen molar-refractivity contribution in [2.24, 2.45) is 0 Å². The lowest BCUT2D eigenvalue weighted by Gasteiger charge is -2.27. The first-order valence-corrected chi connectivity index (χ1v) is 4.45. The van der Waals surface area contributed by atoms with Crippen molar-refractivity contribution in [1.29, 1.82) is 0 Å². The molecule has 1 fully saturated rings. The molecule has 0 aromatic carbocycles. The van der Waals surface area contributed by atoms with E-state index in [2.05, 4.69) is 0 Å². The summed E-state index contributed by atoms with van der Waals surface area (Å²) in [7, 11) is 0. The van der Waals surface area contributed by atoms with Crippen molar-refractivity contribution >= 4 is 46.6 Å². The molecule has 1 unspecified atom stereocenters. The average Bonchev–Trinajstić information content (AvgIpc) is 1.60. The first-order valence-electron chi connectivity index (χ1n) is 2.38. The molecule has 0 bridgehead atoms. The van der Waals surface area contributed by atoms with Gasteiger partial charge < -0.3 is 4.74 Å². The quantitative estimate of drug-likeness (QED) is 0.564. The van der Waals surface area contributed by atoms with Crippen molar-refractivity contribution in [3.05, 3.63) is 0 Å². The molecule has 0 aromatic rings. The zero-order chi connectivity index (χ0) is 6.91. The molecule has 0 spiro atoms. The Morgan fingerprint density at radius 3 is 2.56 bits per heavy atom. The van der Waals surface area contributed by atoms with Gasteiger partial charge in [0.2, 0.25) is 0 Å². The van der Waals surface area contributed by atoms with E-state index >= 15 is 0 Å². The summed E-state index contributed by atoms with van der Waals surface area (Å²) >= 11 is 18.4. The zero-order valence-corrected chi connectivity index (χ0v) is 7.53.